The van der Waals surface area contributed by atoms with Crippen molar-refractivity contribution in [3.63, 3.8) is 0 Å². The topological polar surface area (TPSA) is 78.0 Å². The van der Waals surface area contributed by atoms with E-state index in [9.17, 15) is 9.59 Å². The summed E-state index contributed by atoms with van der Waals surface area (Å²) in [5, 5.41) is 1.14. The largest absolute Gasteiger partial charge is 0.369 e. The summed E-state index contributed by atoms with van der Waals surface area (Å²) in [4.78, 5) is 27.7. The molecule has 0 spiro atoms. The average Bonchev–Trinajstić information content (AvgIpc) is 2.40. The predicted molar refractivity (Wildman–Crippen MR) is 76.2 cm³/mol. The van der Waals surface area contributed by atoms with Crippen molar-refractivity contribution < 1.29 is 4.79 Å². The second kappa shape index (κ2) is 5.88. The van der Waals surface area contributed by atoms with Crippen LogP contribution >= 0.6 is 11.8 Å². The Bertz CT molecular complexity index is 666. The van der Waals surface area contributed by atoms with Gasteiger partial charge in [-0.05, 0) is 18.6 Å². The van der Waals surface area contributed by atoms with E-state index in [0.29, 0.717) is 22.6 Å². The lowest BCUT2D eigenvalue weighted by Crippen LogP contribution is -2.24. The second-order valence-electron chi connectivity index (χ2n) is 4.12. The summed E-state index contributed by atoms with van der Waals surface area (Å²) in [5.41, 5.74) is 5.72. The van der Waals surface area contributed by atoms with Gasteiger partial charge in [-0.1, -0.05) is 30.8 Å². The molecule has 0 aliphatic heterocycles. The maximum absolute atomic E-state index is 12.4. The fourth-order valence-electron chi connectivity index (χ4n) is 1.81. The first-order chi connectivity index (χ1) is 9.13. The highest BCUT2D eigenvalue weighted by molar-refractivity contribution is 7.99. The molecule has 0 bridgehead atoms. The number of nitrogens with zero attached hydrogens (tertiary/aromatic N) is 2. The Morgan fingerprint density at radius 2 is 2.16 bits per heavy atom. The summed E-state index contributed by atoms with van der Waals surface area (Å²) in [6, 6.07) is 7.21. The number of amides is 1. The van der Waals surface area contributed by atoms with E-state index in [2.05, 4.69) is 4.98 Å². The first-order valence-electron chi connectivity index (χ1n) is 6.04. The molecule has 0 radical (unpaired) electrons. The number of hydrogen-bond donors (Lipinski definition) is 1. The molecule has 0 aliphatic rings. The van der Waals surface area contributed by atoms with E-state index in [1.807, 2.05) is 19.1 Å². The van der Waals surface area contributed by atoms with Crippen molar-refractivity contribution >= 4 is 28.6 Å². The summed E-state index contributed by atoms with van der Waals surface area (Å²) in [6.45, 7) is 2.57. The minimum Gasteiger partial charge on any atom is -0.369 e. The molecular formula is C13H15N3O2S. The molecule has 2 aromatic rings. The highest BCUT2D eigenvalue weighted by Gasteiger charge is 2.11. The maximum Gasteiger partial charge on any atom is 0.262 e. The Balaban J connectivity index is 2.56. The monoisotopic (exact) mass is 277 g/mol. The molecule has 1 aromatic carbocycles. The van der Waals surface area contributed by atoms with E-state index in [-0.39, 0.29) is 11.3 Å². The summed E-state index contributed by atoms with van der Waals surface area (Å²) < 4.78 is 1.61. The molecule has 0 aliphatic carbocycles. The molecule has 1 amide bonds. The van der Waals surface area contributed by atoms with Crippen molar-refractivity contribution in [2.45, 2.75) is 25.0 Å². The van der Waals surface area contributed by atoms with Crippen LogP contribution in [0.25, 0.3) is 10.9 Å². The van der Waals surface area contributed by atoms with Crippen LogP contribution in [-0.2, 0) is 11.3 Å². The van der Waals surface area contributed by atoms with E-state index < -0.39 is 5.91 Å². The Kier molecular flexibility index (Phi) is 4.21. The number of carbonyl (C=O) groups is 1. The second-order valence-corrected chi connectivity index (χ2v) is 5.07. The normalized spacial score (nSPS) is 10.8. The van der Waals surface area contributed by atoms with Gasteiger partial charge in [0.15, 0.2) is 5.16 Å². The van der Waals surface area contributed by atoms with Crippen LogP contribution in [0, 0.1) is 0 Å². The molecule has 2 rings (SSSR count). The molecule has 0 atom stereocenters. The summed E-state index contributed by atoms with van der Waals surface area (Å²) in [6.07, 6.45) is 0.823. The van der Waals surface area contributed by atoms with Gasteiger partial charge in [-0.3, -0.25) is 14.2 Å². The molecule has 100 valence electrons. The minimum atomic E-state index is -0.421. The fraction of sp³-hybridized carbons (Fsp3) is 0.308. The van der Waals surface area contributed by atoms with Crippen LogP contribution in [0.1, 0.15) is 13.3 Å². The van der Waals surface area contributed by atoms with Crippen LogP contribution < -0.4 is 11.3 Å². The molecule has 1 aromatic heterocycles. The van der Waals surface area contributed by atoms with Gasteiger partial charge < -0.3 is 5.73 Å². The van der Waals surface area contributed by atoms with Crippen molar-refractivity contribution in [3.8, 4) is 0 Å². The molecule has 0 saturated heterocycles. The van der Waals surface area contributed by atoms with Crippen LogP contribution in [-0.4, -0.2) is 21.2 Å². The number of nitrogens with two attached hydrogens (primary N) is 1. The maximum atomic E-state index is 12.4. The number of fused-ring (bicyclic) bond motifs is 1. The minimum absolute atomic E-state index is 0.0700. The predicted octanol–water partition coefficient (Wildman–Crippen LogP) is 1.38. The van der Waals surface area contributed by atoms with Gasteiger partial charge in [-0.2, -0.15) is 0 Å². The van der Waals surface area contributed by atoms with Gasteiger partial charge in [-0.25, -0.2) is 4.98 Å². The van der Waals surface area contributed by atoms with Gasteiger partial charge in [0.1, 0.15) is 0 Å². The van der Waals surface area contributed by atoms with Crippen molar-refractivity contribution in [2.24, 2.45) is 5.73 Å². The van der Waals surface area contributed by atoms with Gasteiger partial charge in [-0.15, -0.1) is 0 Å². The van der Waals surface area contributed by atoms with Gasteiger partial charge in [0.2, 0.25) is 5.91 Å². The van der Waals surface area contributed by atoms with Gasteiger partial charge >= 0.3 is 0 Å². The van der Waals surface area contributed by atoms with Gasteiger partial charge in [0, 0.05) is 6.54 Å². The van der Waals surface area contributed by atoms with E-state index in [4.69, 9.17) is 5.73 Å². The van der Waals surface area contributed by atoms with Crippen molar-refractivity contribution in [3.05, 3.63) is 34.6 Å². The zero-order valence-electron chi connectivity index (χ0n) is 10.6. The summed E-state index contributed by atoms with van der Waals surface area (Å²) in [7, 11) is 0. The first kappa shape index (κ1) is 13.6. The lowest BCUT2D eigenvalue weighted by molar-refractivity contribution is -0.115. The lowest BCUT2D eigenvalue weighted by Gasteiger charge is -2.11. The van der Waals surface area contributed by atoms with Crippen LogP contribution in [0.2, 0.25) is 0 Å². The smallest absolute Gasteiger partial charge is 0.262 e. The highest BCUT2D eigenvalue weighted by atomic mass is 32.2. The van der Waals surface area contributed by atoms with Crippen LogP contribution in [0.4, 0.5) is 0 Å². The molecule has 0 unspecified atom stereocenters. The number of aromatic nitrogens is 2. The molecule has 6 heteroatoms. The number of para-hydroxylation sites is 1. The van der Waals surface area contributed by atoms with Crippen molar-refractivity contribution in [1.29, 1.82) is 0 Å². The van der Waals surface area contributed by atoms with Crippen molar-refractivity contribution in [1.82, 2.24) is 9.55 Å². The van der Waals surface area contributed by atoms with Gasteiger partial charge in [0.05, 0.1) is 16.7 Å². The average molecular weight is 277 g/mol. The van der Waals surface area contributed by atoms with E-state index in [1.54, 1.807) is 16.7 Å². The number of hydrogen-bond acceptors (Lipinski definition) is 4. The highest BCUT2D eigenvalue weighted by Crippen LogP contribution is 2.17. The Morgan fingerprint density at radius 3 is 2.84 bits per heavy atom. The van der Waals surface area contributed by atoms with Crippen LogP contribution in [0.5, 0.6) is 0 Å². The van der Waals surface area contributed by atoms with Gasteiger partial charge in [0.25, 0.3) is 5.56 Å². The van der Waals surface area contributed by atoms with Crippen LogP contribution in [0.15, 0.2) is 34.2 Å². The molecule has 1 heterocycles. The van der Waals surface area contributed by atoms with E-state index in [0.717, 1.165) is 6.42 Å². The third kappa shape index (κ3) is 2.96. The molecule has 0 fully saturated rings. The molecule has 0 saturated carbocycles. The molecular weight excluding hydrogens is 262 g/mol. The summed E-state index contributed by atoms with van der Waals surface area (Å²) >= 11 is 1.20. The lowest BCUT2D eigenvalue weighted by atomic mass is 10.2. The fourth-order valence-corrected chi connectivity index (χ4v) is 2.58. The van der Waals surface area contributed by atoms with E-state index in [1.165, 1.54) is 11.8 Å². The molecule has 19 heavy (non-hydrogen) atoms. The number of primary amides is 1. The standard InChI is InChI=1S/C13H15N3O2S/c1-2-7-16-12(18)9-5-3-4-6-10(9)15-13(16)19-8-11(14)17/h3-6H,2,7-8H2,1H3,(H2,14,17). The zero-order valence-corrected chi connectivity index (χ0v) is 11.4. The third-order valence-electron chi connectivity index (χ3n) is 2.62. The SMILES string of the molecule is CCCn1c(SCC(N)=O)nc2ccccc2c1=O. The Labute approximate surface area is 114 Å². The van der Waals surface area contributed by atoms with Crippen molar-refractivity contribution in [2.75, 3.05) is 5.75 Å². The third-order valence-corrected chi connectivity index (χ3v) is 3.62. The quantitative estimate of drug-likeness (QED) is 0.661. The number of benzene rings is 1. The Morgan fingerprint density at radius 1 is 1.42 bits per heavy atom. The molecule has 5 nitrogen and oxygen atoms in total. The summed E-state index contributed by atoms with van der Waals surface area (Å²) in [5.74, 6) is -0.301. The number of thioether (sulfide) groups is 1. The van der Waals surface area contributed by atoms with E-state index >= 15 is 0 Å². The first-order valence-corrected chi connectivity index (χ1v) is 7.02. The molecule has 2 N–H and O–H groups in total. The number of carbonyl (C=O) groups excluding carboxylic acids is 1. The zero-order chi connectivity index (χ0) is 13.8. The van der Waals surface area contributed by atoms with Crippen LogP contribution in [0.3, 0.4) is 0 Å². The number of rotatable bonds is 5. The Hall–Kier alpha value is -1.82.